The molecule has 16 heavy (non-hydrogen) atoms. The lowest BCUT2D eigenvalue weighted by Crippen LogP contribution is -2.41. The molecule has 1 unspecified atom stereocenters. The van der Waals surface area contributed by atoms with Gasteiger partial charge in [0.15, 0.2) is 6.10 Å². The van der Waals surface area contributed by atoms with Crippen molar-refractivity contribution >= 4 is 11.9 Å². The minimum absolute atomic E-state index is 0.178. The monoisotopic (exact) mass is 219 g/mol. The minimum Gasteiger partial charge on any atom is -0.448 e. The number of hydrogen-bond acceptors (Lipinski definition) is 3. The highest BCUT2D eigenvalue weighted by Crippen LogP contribution is 2.21. The molecule has 84 valence electrons. The summed E-state index contributed by atoms with van der Waals surface area (Å²) in [6.07, 6.45) is -0.226. The molecule has 0 bridgehead atoms. The van der Waals surface area contributed by atoms with Crippen LogP contribution in [0, 0.1) is 0 Å². The molecular formula is C12H13NO3. The van der Waals surface area contributed by atoms with Crippen molar-refractivity contribution < 1.29 is 14.3 Å². The summed E-state index contributed by atoms with van der Waals surface area (Å²) >= 11 is 0. The fraction of sp³-hybridized carbons (Fsp3) is 0.333. The van der Waals surface area contributed by atoms with E-state index in [1.165, 1.54) is 4.90 Å². The van der Waals surface area contributed by atoms with Crippen LogP contribution in [0.15, 0.2) is 24.3 Å². The van der Waals surface area contributed by atoms with Crippen LogP contribution in [-0.4, -0.2) is 37.0 Å². The van der Waals surface area contributed by atoms with Gasteiger partial charge in [0.2, 0.25) is 0 Å². The minimum atomic E-state index is -0.683. The average molecular weight is 219 g/mol. The Balaban J connectivity index is 2.28. The van der Waals surface area contributed by atoms with E-state index < -0.39 is 12.1 Å². The molecule has 4 heteroatoms. The van der Waals surface area contributed by atoms with Crippen LogP contribution in [-0.2, 0) is 16.0 Å². The van der Waals surface area contributed by atoms with E-state index in [2.05, 4.69) is 0 Å². The third kappa shape index (κ3) is 1.78. The maximum atomic E-state index is 11.7. The van der Waals surface area contributed by atoms with E-state index >= 15 is 0 Å². The molecule has 1 aliphatic rings. The van der Waals surface area contributed by atoms with Crippen molar-refractivity contribution in [3.8, 4) is 0 Å². The van der Waals surface area contributed by atoms with Gasteiger partial charge in [0.25, 0.3) is 5.91 Å². The van der Waals surface area contributed by atoms with Crippen LogP contribution in [0.5, 0.6) is 0 Å². The number of cyclic esters (lactones) is 1. The Morgan fingerprint density at radius 2 is 2.06 bits per heavy atom. The van der Waals surface area contributed by atoms with Gasteiger partial charge < -0.3 is 9.64 Å². The van der Waals surface area contributed by atoms with Crippen LogP contribution in [0.4, 0.5) is 0 Å². The Kier molecular flexibility index (Phi) is 2.64. The number of esters is 1. The molecular weight excluding hydrogens is 206 g/mol. The zero-order valence-electron chi connectivity index (χ0n) is 9.27. The summed E-state index contributed by atoms with van der Waals surface area (Å²) in [5, 5.41) is 0. The van der Waals surface area contributed by atoms with E-state index in [1.54, 1.807) is 26.2 Å². The van der Waals surface area contributed by atoms with Gasteiger partial charge in [0, 0.05) is 20.5 Å². The molecule has 4 nitrogen and oxygen atoms in total. The molecule has 0 saturated carbocycles. The zero-order chi connectivity index (χ0) is 11.7. The summed E-state index contributed by atoms with van der Waals surface area (Å²) in [5.74, 6) is -0.593. The second-order valence-electron chi connectivity index (χ2n) is 3.99. The van der Waals surface area contributed by atoms with Crippen molar-refractivity contribution in [2.75, 3.05) is 14.1 Å². The molecule has 0 aliphatic carbocycles. The van der Waals surface area contributed by atoms with Gasteiger partial charge in [-0.15, -0.1) is 0 Å². The first-order valence-corrected chi connectivity index (χ1v) is 5.09. The van der Waals surface area contributed by atoms with Crippen LogP contribution in [0.2, 0.25) is 0 Å². The normalized spacial score (nSPS) is 18.6. The van der Waals surface area contributed by atoms with Gasteiger partial charge in [0.05, 0.1) is 5.56 Å². The lowest BCUT2D eigenvalue weighted by molar-refractivity contribution is -0.138. The quantitative estimate of drug-likeness (QED) is 0.658. The third-order valence-electron chi connectivity index (χ3n) is 2.61. The summed E-state index contributed by atoms with van der Waals surface area (Å²) in [5.41, 5.74) is 1.43. The fourth-order valence-electron chi connectivity index (χ4n) is 1.76. The number of carbonyl (C=O) groups excluding carboxylic acids is 2. The van der Waals surface area contributed by atoms with Crippen molar-refractivity contribution in [2.45, 2.75) is 12.5 Å². The number of amides is 1. The molecule has 2 rings (SSSR count). The zero-order valence-corrected chi connectivity index (χ0v) is 9.27. The summed E-state index contributed by atoms with van der Waals surface area (Å²) in [6, 6.07) is 7.21. The Labute approximate surface area is 93.8 Å². The topological polar surface area (TPSA) is 46.6 Å². The van der Waals surface area contributed by atoms with Gasteiger partial charge in [-0.2, -0.15) is 0 Å². The van der Waals surface area contributed by atoms with Gasteiger partial charge in [-0.25, -0.2) is 4.79 Å². The van der Waals surface area contributed by atoms with E-state index in [0.717, 1.165) is 5.56 Å². The molecule has 0 aromatic heterocycles. The maximum Gasteiger partial charge on any atom is 0.339 e. The molecule has 1 amide bonds. The van der Waals surface area contributed by atoms with Crippen molar-refractivity contribution in [1.82, 2.24) is 4.90 Å². The van der Waals surface area contributed by atoms with Crippen LogP contribution < -0.4 is 0 Å². The highest BCUT2D eigenvalue weighted by atomic mass is 16.5. The van der Waals surface area contributed by atoms with Crippen LogP contribution in [0.3, 0.4) is 0 Å². The summed E-state index contributed by atoms with van der Waals surface area (Å²) in [4.78, 5) is 24.8. The summed E-state index contributed by atoms with van der Waals surface area (Å²) in [6.45, 7) is 0. The van der Waals surface area contributed by atoms with Gasteiger partial charge in [-0.05, 0) is 11.6 Å². The number of nitrogens with zero attached hydrogens (tertiary/aromatic N) is 1. The van der Waals surface area contributed by atoms with Crippen molar-refractivity contribution in [2.24, 2.45) is 0 Å². The smallest absolute Gasteiger partial charge is 0.339 e. The maximum absolute atomic E-state index is 11.7. The van der Waals surface area contributed by atoms with Crippen molar-refractivity contribution in [1.29, 1.82) is 0 Å². The van der Waals surface area contributed by atoms with Crippen molar-refractivity contribution in [3.63, 3.8) is 0 Å². The van der Waals surface area contributed by atoms with E-state index in [-0.39, 0.29) is 5.91 Å². The molecule has 1 aromatic carbocycles. The molecule has 0 radical (unpaired) electrons. The van der Waals surface area contributed by atoms with Crippen LogP contribution in [0.25, 0.3) is 0 Å². The molecule has 0 fully saturated rings. The van der Waals surface area contributed by atoms with Gasteiger partial charge >= 0.3 is 5.97 Å². The summed E-state index contributed by atoms with van der Waals surface area (Å²) < 4.78 is 5.11. The standard InChI is InChI=1S/C12H13NO3/c1-13(2)11(14)10-7-8-5-3-4-6-9(8)12(15)16-10/h3-6,10H,7H2,1-2H3. The number of fused-ring (bicyclic) bond motifs is 1. The van der Waals surface area contributed by atoms with Gasteiger partial charge in [-0.1, -0.05) is 18.2 Å². The molecule has 1 heterocycles. The first-order valence-electron chi connectivity index (χ1n) is 5.09. The largest absolute Gasteiger partial charge is 0.448 e. The lowest BCUT2D eigenvalue weighted by atomic mass is 9.98. The number of likely N-dealkylation sites (N-methyl/N-ethyl adjacent to an activating group) is 1. The highest BCUT2D eigenvalue weighted by Gasteiger charge is 2.31. The van der Waals surface area contributed by atoms with Gasteiger partial charge in [-0.3, -0.25) is 4.79 Å². The number of carbonyl (C=O) groups is 2. The van der Waals surface area contributed by atoms with Gasteiger partial charge in [0.1, 0.15) is 0 Å². The first kappa shape index (κ1) is 10.7. The summed E-state index contributed by atoms with van der Waals surface area (Å²) in [7, 11) is 3.30. The van der Waals surface area contributed by atoms with Crippen LogP contribution in [0.1, 0.15) is 15.9 Å². The molecule has 1 aromatic rings. The second kappa shape index (κ2) is 3.96. The Morgan fingerprint density at radius 1 is 1.38 bits per heavy atom. The number of ether oxygens (including phenoxy) is 1. The molecule has 0 saturated heterocycles. The average Bonchev–Trinajstić information content (AvgIpc) is 2.28. The Morgan fingerprint density at radius 3 is 2.75 bits per heavy atom. The highest BCUT2D eigenvalue weighted by molar-refractivity contribution is 5.95. The van der Waals surface area contributed by atoms with E-state index in [9.17, 15) is 9.59 Å². The molecule has 1 aliphatic heterocycles. The molecule has 0 spiro atoms. The third-order valence-corrected chi connectivity index (χ3v) is 2.61. The number of hydrogen-bond donors (Lipinski definition) is 0. The Hall–Kier alpha value is -1.84. The predicted molar refractivity (Wildman–Crippen MR) is 58.0 cm³/mol. The van der Waals surface area contributed by atoms with E-state index in [4.69, 9.17) is 4.74 Å². The molecule has 0 N–H and O–H groups in total. The van der Waals surface area contributed by atoms with E-state index in [0.29, 0.717) is 12.0 Å². The first-order chi connectivity index (χ1) is 7.59. The predicted octanol–water partition coefficient (Wildman–Crippen LogP) is 0.856. The van der Waals surface area contributed by atoms with Crippen molar-refractivity contribution in [3.05, 3.63) is 35.4 Å². The number of rotatable bonds is 1. The van der Waals surface area contributed by atoms with E-state index in [1.807, 2.05) is 12.1 Å². The second-order valence-corrected chi connectivity index (χ2v) is 3.99. The lowest BCUT2D eigenvalue weighted by Gasteiger charge is -2.25. The SMILES string of the molecule is CN(C)C(=O)C1Cc2ccccc2C(=O)O1. The Bertz CT molecular complexity index is 440. The van der Waals surface area contributed by atoms with Crippen LogP contribution >= 0.6 is 0 Å². The molecule has 1 atom stereocenters. The fourth-order valence-corrected chi connectivity index (χ4v) is 1.76. The number of benzene rings is 1.